The Hall–Kier alpha value is -3.55. The van der Waals surface area contributed by atoms with Crippen molar-refractivity contribution in [3.05, 3.63) is 53.1 Å². The summed E-state index contributed by atoms with van der Waals surface area (Å²) in [5.74, 6) is 0.472. The number of ether oxygens (including phenoxy) is 2. The fourth-order valence-corrected chi connectivity index (χ4v) is 4.45. The Bertz CT molecular complexity index is 1080. The minimum absolute atomic E-state index is 0.322. The molecule has 0 bridgehead atoms. The van der Waals surface area contributed by atoms with Gasteiger partial charge in [-0.15, -0.1) is 0 Å². The molecule has 1 fully saturated rings. The van der Waals surface area contributed by atoms with E-state index in [2.05, 4.69) is 5.32 Å². The van der Waals surface area contributed by atoms with Crippen molar-refractivity contribution >= 4 is 23.5 Å². The monoisotopic (exact) mass is 437 g/mol. The van der Waals surface area contributed by atoms with Crippen molar-refractivity contribution in [2.75, 3.05) is 32.2 Å². The second-order valence-corrected chi connectivity index (χ2v) is 8.24. The second kappa shape index (κ2) is 8.18. The Morgan fingerprint density at radius 1 is 1.09 bits per heavy atom. The number of carbonyl (C=O) groups excluding carboxylic acids is 3. The molecule has 2 aromatic rings. The van der Waals surface area contributed by atoms with Gasteiger partial charge in [0.1, 0.15) is 23.6 Å². The van der Waals surface area contributed by atoms with Crippen LogP contribution in [0.1, 0.15) is 30.0 Å². The predicted octanol–water partition coefficient (Wildman–Crippen LogP) is 2.76. The number of hydrogen-bond acceptors (Lipinski definition) is 5. The second-order valence-electron chi connectivity index (χ2n) is 8.24. The molecule has 4 amide bonds. The molecule has 0 spiro atoms. The molecule has 0 aliphatic carbocycles. The Kier molecular flexibility index (Phi) is 5.54. The first-order chi connectivity index (χ1) is 15.3. The van der Waals surface area contributed by atoms with Crippen LogP contribution in [0.25, 0.3) is 0 Å². The molecule has 0 radical (unpaired) electrons. The van der Waals surface area contributed by atoms with Crippen molar-refractivity contribution in [2.45, 2.75) is 32.2 Å². The van der Waals surface area contributed by atoms with Gasteiger partial charge in [-0.25, -0.2) is 4.79 Å². The van der Waals surface area contributed by atoms with Gasteiger partial charge in [-0.2, -0.15) is 0 Å². The summed E-state index contributed by atoms with van der Waals surface area (Å²) in [6.07, 6.45) is 1.65. The van der Waals surface area contributed by atoms with E-state index in [9.17, 15) is 14.4 Å². The maximum absolute atomic E-state index is 13.3. The first-order valence-corrected chi connectivity index (χ1v) is 10.6. The Balaban J connectivity index is 1.59. The largest absolute Gasteiger partial charge is 0.497 e. The fourth-order valence-electron chi connectivity index (χ4n) is 4.45. The molecular weight excluding hydrogens is 410 g/mol. The minimum Gasteiger partial charge on any atom is -0.497 e. The van der Waals surface area contributed by atoms with Gasteiger partial charge in [-0.05, 0) is 61.6 Å². The van der Waals surface area contributed by atoms with Crippen LogP contribution in [-0.2, 0) is 21.5 Å². The summed E-state index contributed by atoms with van der Waals surface area (Å²) in [6.45, 7) is 3.81. The highest BCUT2D eigenvalue weighted by atomic mass is 16.5. The molecular formula is C24H27N3O5. The number of aryl methyl sites for hydroxylation is 1. The van der Waals surface area contributed by atoms with Gasteiger partial charge in [0, 0.05) is 6.54 Å². The number of hydrogen-bond donors (Lipinski definition) is 1. The van der Waals surface area contributed by atoms with Crippen molar-refractivity contribution < 1.29 is 23.9 Å². The summed E-state index contributed by atoms with van der Waals surface area (Å²) in [4.78, 5) is 41.9. The highest BCUT2D eigenvalue weighted by Crippen LogP contribution is 2.38. The molecule has 1 saturated heterocycles. The maximum atomic E-state index is 13.3. The molecule has 1 N–H and O–H groups in total. The summed E-state index contributed by atoms with van der Waals surface area (Å²) < 4.78 is 10.7. The predicted molar refractivity (Wildman–Crippen MR) is 119 cm³/mol. The smallest absolute Gasteiger partial charge is 0.325 e. The number of carbonyl (C=O) groups is 3. The van der Waals surface area contributed by atoms with Crippen LogP contribution in [0.15, 0.2) is 36.4 Å². The quantitative estimate of drug-likeness (QED) is 0.727. The van der Waals surface area contributed by atoms with E-state index in [0.29, 0.717) is 23.6 Å². The van der Waals surface area contributed by atoms with Crippen molar-refractivity contribution in [1.82, 2.24) is 10.2 Å². The molecule has 2 aliphatic heterocycles. The number of amides is 4. The molecule has 32 heavy (non-hydrogen) atoms. The van der Waals surface area contributed by atoms with E-state index in [1.54, 1.807) is 50.3 Å². The third-order valence-electron chi connectivity index (χ3n) is 6.32. The van der Waals surface area contributed by atoms with Crippen LogP contribution >= 0.6 is 0 Å². The van der Waals surface area contributed by atoms with Crippen molar-refractivity contribution in [3.63, 3.8) is 0 Å². The molecule has 2 heterocycles. The van der Waals surface area contributed by atoms with Crippen LogP contribution < -0.4 is 19.7 Å². The molecule has 0 saturated carbocycles. The van der Waals surface area contributed by atoms with Crippen molar-refractivity contribution in [1.29, 1.82) is 0 Å². The zero-order valence-electron chi connectivity index (χ0n) is 18.7. The fraction of sp³-hybridized carbons (Fsp3) is 0.375. The molecule has 2 aliphatic rings. The lowest BCUT2D eigenvalue weighted by Crippen LogP contribution is -2.46. The molecule has 2 aromatic carbocycles. The van der Waals surface area contributed by atoms with Gasteiger partial charge in [0.25, 0.3) is 5.91 Å². The molecule has 8 nitrogen and oxygen atoms in total. The van der Waals surface area contributed by atoms with Crippen LogP contribution in [0.4, 0.5) is 10.5 Å². The summed E-state index contributed by atoms with van der Waals surface area (Å²) in [5, 5.41) is 2.74. The van der Waals surface area contributed by atoms with Crippen LogP contribution in [-0.4, -0.2) is 50.1 Å². The number of methoxy groups -OCH3 is 2. The molecule has 1 atom stereocenters. The normalized spacial score (nSPS) is 20.1. The number of benzene rings is 2. The average Bonchev–Trinajstić information content (AvgIpc) is 3.03. The number of fused-ring (bicyclic) bond motifs is 1. The van der Waals surface area contributed by atoms with E-state index in [1.807, 2.05) is 19.1 Å². The third kappa shape index (κ3) is 3.45. The molecule has 0 aromatic heterocycles. The summed E-state index contributed by atoms with van der Waals surface area (Å²) in [6, 6.07) is 10.2. The van der Waals surface area contributed by atoms with Crippen LogP contribution in [0.2, 0.25) is 0 Å². The van der Waals surface area contributed by atoms with E-state index in [0.717, 1.165) is 34.6 Å². The zero-order chi connectivity index (χ0) is 23.0. The Morgan fingerprint density at radius 2 is 1.81 bits per heavy atom. The topological polar surface area (TPSA) is 88.2 Å². The number of urea groups is 1. The number of nitrogens with zero attached hydrogens (tertiary/aromatic N) is 2. The van der Waals surface area contributed by atoms with Crippen LogP contribution in [0, 0.1) is 6.92 Å². The molecule has 8 heteroatoms. The lowest BCUT2D eigenvalue weighted by atomic mass is 9.92. The van der Waals surface area contributed by atoms with Crippen LogP contribution in [0.5, 0.6) is 11.5 Å². The van der Waals surface area contributed by atoms with Gasteiger partial charge < -0.3 is 19.7 Å². The van der Waals surface area contributed by atoms with Gasteiger partial charge in [0.05, 0.1) is 19.9 Å². The summed E-state index contributed by atoms with van der Waals surface area (Å²) in [7, 11) is 3.13. The van der Waals surface area contributed by atoms with Gasteiger partial charge >= 0.3 is 6.03 Å². The van der Waals surface area contributed by atoms with E-state index < -0.39 is 17.5 Å². The maximum Gasteiger partial charge on any atom is 0.325 e. The Labute approximate surface area is 187 Å². The van der Waals surface area contributed by atoms with E-state index in [4.69, 9.17) is 9.47 Å². The average molecular weight is 437 g/mol. The highest BCUT2D eigenvalue weighted by Gasteiger charge is 2.50. The Morgan fingerprint density at radius 3 is 2.47 bits per heavy atom. The highest BCUT2D eigenvalue weighted by molar-refractivity contribution is 6.11. The van der Waals surface area contributed by atoms with Gasteiger partial charge in [0.2, 0.25) is 5.91 Å². The zero-order valence-corrected chi connectivity index (χ0v) is 18.7. The molecule has 168 valence electrons. The first kappa shape index (κ1) is 21.7. The number of anilines is 1. The number of rotatable bonds is 5. The van der Waals surface area contributed by atoms with E-state index in [-0.39, 0.29) is 12.5 Å². The minimum atomic E-state index is -1.25. The number of imide groups is 1. The first-order valence-electron chi connectivity index (χ1n) is 10.6. The summed E-state index contributed by atoms with van der Waals surface area (Å²) >= 11 is 0. The van der Waals surface area contributed by atoms with Gasteiger partial charge in [0.15, 0.2) is 0 Å². The lowest BCUT2D eigenvalue weighted by Gasteiger charge is -2.32. The SMILES string of the molecule is COc1ccc(C2(C)NC(=O)N(CC(=O)N3CCCc4c(C)ccc(OC)c43)C2=O)cc1. The van der Waals surface area contributed by atoms with E-state index in [1.165, 1.54) is 0 Å². The summed E-state index contributed by atoms with van der Waals surface area (Å²) in [5.41, 5.74) is 2.24. The molecule has 4 rings (SSSR count). The van der Waals surface area contributed by atoms with Crippen molar-refractivity contribution in [2.24, 2.45) is 0 Å². The van der Waals surface area contributed by atoms with Crippen LogP contribution in [0.3, 0.4) is 0 Å². The van der Waals surface area contributed by atoms with Gasteiger partial charge in [-0.3, -0.25) is 14.5 Å². The lowest BCUT2D eigenvalue weighted by molar-refractivity contribution is -0.134. The number of nitrogens with one attached hydrogen (secondary N) is 1. The van der Waals surface area contributed by atoms with Gasteiger partial charge in [-0.1, -0.05) is 18.2 Å². The third-order valence-corrected chi connectivity index (χ3v) is 6.32. The standard InChI is InChI=1S/C24H27N3O5/c1-15-7-12-19(32-4)21-18(15)6-5-13-26(21)20(28)14-27-22(29)24(2,25-23(27)30)16-8-10-17(31-3)11-9-16/h7-12H,5-6,13-14H2,1-4H3,(H,25,30). The van der Waals surface area contributed by atoms with Crippen molar-refractivity contribution in [3.8, 4) is 11.5 Å². The molecule has 1 unspecified atom stereocenters. The van der Waals surface area contributed by atoms with E-state index >= 15 is 0 Å².